The minimum Gasteiger partial charge on any atom is -0.478 e. The fraction of sp³-hybridized carbons (Fsp3) is 0.0625. The highest BCUT2D eigenvalue weighted by Crippen LogP contribution is 2.30. The molecule has 0 amide bonds. The van der Waals surface area contributed by atoms with Gasteiger partial charge in [0.15, 0.2) is 0 Å². The topological polar surface area (TPSA) is 37.3 Å². The van der Waals surface area contributed by atoms with E-state index in [2.05, 4.69) is 0 Å². The Bertz CT molecular complexity index is 766. The van der Waals surface area contributed by atoms with Crippen molar-refractivity contribution in [1.82, 2.24) is 0 Å². The van der Waals surface area contributed by atoms with Gasteiger partial charge in [0.1, 0.15) is 0 Å². The molecule has 2 nitrogen and oxygen atoms in total. The lowest BCUT2D eigenvalue weighted by molar-refractivity contribution is -0.137. The molecule has 2 aromatic carbocycles. The Balaban J connectivity index is 2.43. The zero-order valence-corrected chi connectivity index (χ0v) is 12.9. The second-order valence-electron chi connectivity index (χ2n) is 4.61. The minimum atomic E-state index is -4.44. The predicted molar refractivity (Wildman–Crippen MR) is 83.4 cm³/mol. The molecule has 0 spiro atoms. The Kier molecular flexibility index (Phi) is 5.02. The summed E-state index contributed by atoms with van der Waals surface area (Å²) in [6.07, 6.45) is -3.18. The van der Waals surface area contributed by atoms with Crippen molar-refractivity contribution in [2.24, 2.45) is 0 Å². The van der Waals surface area contributed by atoms with Crippen LogP contribution in [0.3, 0.4) is 0 Å². The van der Waals surface area contributed by atoms with E-state index in [-0.39, 0.29) is 15.6 Å². The van der Waals surface area contributed by atoms with Gasteiger partial charge in [-0.1, -0.05) is 41.4 Å². The van der Waals surface area contributed by atoms with E-state index >= 15 is 0 Å². The number of carboxylic acids is 1. The van der Waals surface area contributed by atoms with Gasteiger partial charge in [-0.2, -0.15) is 13.2 Å². The van der Waals surface area contributed by atoms with Gasteiger partial charge >= 0.3 is 12.1 Å². The van der Waals surface area contributed by atoms with Gasteiger partial charge in [0.2, 0.25) is 0 Å². The normalized spacial score (nSPS) is 12.3. The molecule has 0 aliphatic heterocycles. The van der Waals surface area contributed by atoms with Gasteiger partial charge in [0.25, 0.3) is 0 Å². The van der Waals surface area contributed by atoms with Gasteiger partial charge in [-0.15, -0.1) is 0 Å². The Morgan fingerprint density at radius 1 is 1.00 bits per heavy atom. The molecule has 23 heavy (non-hydrogen) atoms. The van der Waals surface area contributed by atoms with Crippen LogP contribution < -0.4 is 0 Å². The van der Waals surface area contributed by atoms with Gasteiger partial charge in [0, 0.05) is 0 Å². The molecule has 2 rings (SSSR count). The molecule has 0 saturated carbocycles. The van der Waals surface area contributed by atoms with E-state index in [1.54, 1.807) is 0 Å². The van der Waals surface area contributed by atoms with E-state index in [4.69, 9.17) is 23.2 Å². The first kappa shape index (κ1) is 17.4. The van der Waals surface area contributed by atoms with E-state index in [0.717, 1.165) is 12.1 Å². The Morgan fingerprint density at radius 3 is 2.09 bits per heavy atom. The number of rotatable bonds is 3. The monoisotopic (exact) mass is 360 g/mol. The van der Waals surface area contributed by atoms with Crippen molar-refractivity contribution < 1.29 is 23.1 Å². The fourth-order valence-electron chi connectivity index (χ4n) is 1.87. The average Bonchev–Trinajstić information content (AvgIpc) is 2.47. The van der Waals surface area contributed by atoms with Gasteiger partial charge in [-0.3, -0.25) is 0 Å². The molecule has 0 aromatic heterocycles. The Morgan fingerprint density at radius 2 is 1.61 bits per heavy atom. The molecule has 0 aliphatic carbocycles. The lowest BCUT2D eigenvalue weighted by Gasteiger charge is -2.07. The zero-order valence-electron chi connectivity index (χ0n) is 11.4. The summed E-state index contributed by atoms with van der Waals surface area (Å²) in [6, 6.07) is 8.47. The summed E-state index contributed by atoms with van der Waals surface area (Å²) in [5.74, 6) is -1.23. The van der Waals surface area contributed by atoms with Crippen LogP contribution in [0, 0.1) is 0 Å². The van der Waals surface area contributed by atoms with E-state index in [0.29, 0.717) is 11.1 Å². The maximum atomic E-state index is 12.5. The first-order valence-electron chi connectivity index (χ1n) is 6.26. The quantitative estimate of drug-likeness (QED) is 0.568. The van der Waals surface area contributed by atoms with Crippen LogP contribution in [0.25, 0.3) is 11.6 Å². The molecule has 120 valence electrons. The zero-order chi connectivity index (χ0) is 17.2. The molecule has 7 heteroatoms. The summed E-state index contributed by atoms with van der Waals surface area (Å²) in [5, 5.41) is 9.76. The van der Waals surface area contributed by atoms with Crippen LogP contribution in [-0.4, -0.2) is 11.1 Å². The number of hydrogen-bond donors (Lipinski definition) is 1. The van der Waals surface area contributed by atoms with Crippen LogP contribution >= 0.6 is 23.2 Å². The van der Waals surface area contributed by atoms with Crippen LogP contribution in [0.2, 0.25) is 10.0 Å². The number of carboxylic acid groups (broad SMARTS) is 1. The molecule has 0 unspecified atom stereocenters. The van der Waals surface area contributed by atoms with Gasteiger partial charge in [0.05, 0.1) is 21.2 Å². The highest BCUT2D eigenvalue weighted by Gasteiger charge is 2.29. The third kappa shape index (κ3) is 4.27. The molecule has 0 aliphatic rings. The molecule has 0 atom stereocenters. The predicted octanol–water partition coefficient (Wildman–Crippen LogP) is 5.64. The largest absolute Gasteiger partial charge is 0.478 e. The van der Waals surface area contributed by atoms with Crippen molar-refractivity contribution in [3.05, 3.63) is 69.2 Å². The van der Waals surface area contributed by atoms with Crippen molar-refractivity contribution in [1.29, 1.82) is 0 Å². The first-order valence-corrected chi connectivity index (χ1v) is 7.02. The van der Waals surface area contributed by atoms with Crippen molar-refractivity contribution in [3.8, 4) is 0 Å². The maximum absolute atomic E-state index is 12.5. The van der Waals surface area contributed by atoms with Gasteiger partial charge in [-0.05, 0) is 41.5 Å². The van der Waals surface area contributed by atoms with E-state index < -0.39 is 17.7 Å². The van der Waals surface area contributed by atoms with Crippen molar-refractivity contribution in [2.75, 3.05) is 0 Å². The third-order valence-corrected chi connectivity index (χ3v) is 3.75. The summed E-state index contributed by atoms with van der Waals surface area (Å²) in [4.78, 5) is 11.4. The maximum Gasteiger partial charge on any atom is 0.416 e. The number of aliphatic carboxylic acids is 1. The SMILES string of the molecule is O=C(O)/C(=C\c1ccc(C(F)(F)F)cc1)c1ccc(Cl)c(Cl)c1. The number of halogens is 5. The summed E-state index contributed by atoms with van der Waals surface area (Å²) in [6.45, 7) is 0. The lowest BCUT2D eigenvalue weighted by atomic mass is 10.0. The van der Waals surface area contributed by atoms with E-state index in [9.17, 15) is 23.1 Å². The molecule has 0 heterocycles. The highest BCUT2D eigenvalue weighted by molar-refractivity contribution is 6.42. The van der Waals surface area contributed by atoms with Crippen LogP contribution in [0.1, 0.15) is 16.7 Å². The average molecular weight is 361 g/mol. The second-order valence-corrected chi connectivity index (χ2v) is 5.43. The molecule has 0 fully saturated rings. The molecule has 0 radical (unpaired) electrons. The molecule has 1 N–H and O–H groups in total. The number of alkyl halides is 3. The molecule has 0 saturated heterocycles. The van der Waals surface area contributed by atoms with Gasteiger partial charge < -0.3 is 5.11 Å². The molecular weight excluding hydrogens is 352 g/mol. The highest BCUT2D eigenvalue weighted by atomic mass is 35.5. The lowest BCUT2D eigenvalue weighted by Crippen LogP contribution is -2.04. The van der Waals surface area contributed by atoms with Crippen molar-refractivity contribution in [3.63, 3.8) is 0 Å². The first-order chi connectivity index (χ1) is 10.7. The van der Waals surface area contributed by atoms with Crippen molar-refractivity contribution in [2.45, 2.75) is 6.18 Å². The van der Waals surface area contributed by atoms with Crippen LogP contribution in [0.5, 0.6) is 0 Å². The summed E-state index contributed by atoms with van der Waals surface area (Å²) in [7, 11) is 0. The van der Waals surface area contributed by atoms with Crippen LogP contribution in [0.4, 0.5) is 13.2 Å². The summed E-state index contributed by atoms with van der Waals surface area (Å²) >= 11 is 11.6. The number of hydrogen-bond acceptors (Lipinski definition) is 1. The smallest absolute Gasteiger partial charge is 0.416 e. The Labute approximate surface area is 139 Å². The number of benzene rings is 2. The molecular formula is C16H9Cl2F3O2. The fourth-order valence-corrected chi connectivity index (χ4v) is 2.17. The van der Waals surface area contributed by atoms with Gasteiger partial charge in [-0.25, -0.2) is 4.79 Å². The molecule has 0 bridgehead atoms. The van der Waals surface area contributed by atoms with Crippen LogP contribution in [0.15, 0.2) is 42.5 Å². The Hall–Kier alpha value is -1.98. The third-order valence-electron chi connectivity index (χ3n) is 3.01. The van der Waals surface area contributed by atoms with E-state index in [1.165, 1.54) is 36.4 Å². The van der Waals surface area contributed by atoms with Crippen LogP contribution in [-0.2, 0) is 11.0 Å². The van der Waals surface area contributed by atoms with E-state index in [1.807, 2.05) is 0 Å². The summed E-state index contributed by atoms with van der Waals surface area (Å²) < 4.78 is 37.6. The number of carbonyl (C=O) groups is 1. The molecule has 2 aromatic rings. The minimum absolute atomic E-state index is 0.108. The van der Waals surface area contributed by atoms with Crippen molar-refractivity contribution >= 4 is 40.8 Å². The standard InChI is InChI=1S/C16H9Cl2F3O2/c17-13-6-3-10(8-14(13)18)12(15(22)23)7-9-1-4-11(5-2-9)16(19,20)21/h1-8H,(H,22,23)/b12-7-. The second kappa shape index (κ2) is 6.64. The summed E-state index contributed by atoms with van der Waals surface area (Å²) in [5.41, 5.74) is -0.294.